The Kier molecular flexibility index (Phi) is 5.40. The van der Waals surface area contributed by atoms with E-state index >= 15 is 0 Å². The number of nitrogens with zero attached hydrogens (tertiary/aromatic N) is 3. The Morgan fingerprint density at radius 2 is 1.71 bits per heavy atom. The fourth-order valence-electron chi connectivity index (χ4n) is 3.61. The van der Waals surface area contributed by atoms with E-state index in [1.165, 1.54) is 10.2 Å². The van der Waals surface area contributed by atoms with Crippen LogP contribution < -0.4 is 11.0 Å². The van der Waals surface area contributed by atoms with Gasteiger partial charge in [-0.25, -0.2) is 10.1 Å². The lowest BCUT2D eigenvalue weighted by atomic mass is 9.97. The van der Waals surface area contributed by atoms with Crippen LogP contribution in [-0.2, 0) is 6.54 Å². The Bertz CT molecular complexity index is 1140. The van der Waals surface area contributed by atoms with Gasteiger partial charge in [-0.2, -0.15) is 10.2 Å². The number of nitrogens with one attached hydrogen (secondary N) is 1. The Hall–Kier alpha value is -3.28. The fourth-order valence-corrected chi connectivity index (χ4v) is 3.61. The molecular formula is C22H24N4O2. The second-order valence-corrected chi connectivity index (χ2v) is 6.93. The van der Waals surface area contributed by atoms with E-state index in [4.69, 9.17) is 0 Å². The second kappa shape index (κ2) is 7.76. The third-order valence-corrected chi connectivity index (χ3v) is 4.75. The van der Waals surface area contributed by atoms with E-state index < -0.39 is 5.91 Å². The molecule has 0 bridgehead atoms. The highest BCUT2D eigenvalue weighted by Gasteiger charge is 2.16. The highest BCUT2D eigenvalue weighted by Crippen LogP contribution is 2.17. The van der Waals surface area contributed by atoms with E-state index in [2.05, 4.69) is 34.7 Å². The smallest absolute Gasteiger partial charge is 0.267 e. The number of carbonyl (C=O) groups is 1. The molecule has 0 aliphatic rings. The maximum absolute atomic E-state index is 12.8. The summed E-state index contributed by atoms with van der Waals surface area (Å²) in [5, 5.41) is 9.52. The maximum atomic E-state index is 12.8. The quantitative estimate of drug-likeness (QED) is 0.559. The van der Waals surface area contributed by atoms with Crippen molar-refractivity contribution in [1.82, 2.24) is 15.2 Å². The van der Waals surface area contributed by atoms with Crippen LogP contribution in [0.3, 0.4) is 0 Å². The monoisotopic (exact) mass is 376 g/mol. The average Bonchev–Trinajstić information content (AvgIpc) is 2.66. The molecule has 2 aromatic carbocycles. The minimum absolute atomic E-state index is 0.186. The van der Waals surface area contributed by atoms with Gasteiger partial charge in [-0.3, -0.25) is 9.59 Å². The molecule has 1 amide bonds. The van der Waals surface area contributed by atoms with Gasteiger partial charge in [-0.1, -0.05) is 35.9 Å². The predicted octanol–water partition coefficient (Wildman–Crippen LogP) is 3.50. The van der Waals surface area contributed by atoms with E-state index in [0.717, 1.165) is 22.4 Å². The number of aryl methyl sites for hydroxylation is 4. The van der Waals surface area contributed by atoms with Crippen molar-refractivity contribution in [1.29, 1.82) is 0 Å². The second-order valence-electron chi connectivity index (χ2n) is 6.93. The van der Waals surface area contributed by atoms with Crippen molar-refractivity contribution in [3.63, 3.8) is 0 Å². The van der Waals surface area contributed by atoms with Crippen molar-refractivity contribution in [2.45, 2.75) is 41.2 Å². The van der Waals surface area contributed by atoms with Crippen molar-refractivity contribution in [3.8, 4) is 0 Å². The summed E-state index contributed by atoms with van der Waals surface area (Å²) >= 11 is 0. The van der Waals surface area contributed by atoms with Crippen LogP contribution in [0.2, 0.25) is 0 Å². The van der Waals surface area contributed by atoms with Crippen LogP contribution in [0.5, 0.6) is 0 Å². The zero-order valence-corrected chi connectivity index (χ0v) is 16.8. The number of rotatable bonds is 4. The minimum Gasteiger partial charge on any atom is -0.267 e. The maximum Gasteiger partial charge on any atom is 0.292 e. The molecule has 0 unspecified atom stereocenters. The summed E-state index contributed by atoms with van der Waals surface area (Å²) in [7, 11) is 0. The first-order chi connectivity index (χ1) is 13.3. The summed E-state index contributed by atoms with van der Waals surface area (Å²) in [6, 6.07) is 11.2. The first-order valence-electron chi connectivity index (χ1n) is 9.26. The topological polar surface area (TPSA) is 76.3 Å². The van der Waals surface area contributed by atoms with Crippen molar-refractivity contribution in [2.24, 2.45) is 5.10 Å². The standard InChI is InChI=1S/C22H24N4O2/c1-6-26-22(28)18-10-8-7-9-17(18)20(25-26)21(27)24-23-16(5)19-14(3)11-13(2)12-15(19)4/h7-12H,6H2,1-5H3,(H,24,27)/b23-16-. The zero-order chi connectivity index (χ0) is 20.4. The van der Waals surface area contributed by atoms with Gasteiger partial charge in [0, 0.05) is 17.5 Å². The van der Waals surface area contributed by atoms with Gasteiger partial charge in [0.25, 0.3) is 11.5 Å². The predicted molar refractivity (Wildman–Crippen MR) is 112 cm³/mol. The highest BCUT2D eigenvalue weighted by molar-refractivity contribution is 6.06. The number of hydrogen-bond donors (Lipinski definition) is 1. The molecule has 0 atom stereocenters. The van der Waals surface area contributed by atoms with E-state index in [-0.39, 0.29) is 11.3 Å². The number of carbonyl (C=O) groups excluding carboxylic acids is 1. The van der Waals surface area contributed by atoms with Crippen LogP contribution in [0, 0.1) is 20.8 Å². The van der Waals surface area contributed by atoms with Crippen molar-refractivity contribution in [3.05, 3.63) is 74.7 Å². The summed E-state index contributed by atoms with van der Waals surface area (Å²) < 4.78 is 1.29. The lowest BCUT2D eigenvalue weighted by Gasteiger charge is -2.12. The van der Waals surface area contributed by atoms with E-state index in [1.807, 2.05) is 27.7 Å². The number of fused-ring (bicyclic) bond motifs is 1. The molecule has 0 aliphatic heterocycles. The first-order valence-corrected chi connectivity index (χ1v) is 9.26. The number of aromatic nitrogens is 2. The fraction of sp³-hybridized carbons (Fsp3) is 0.273. The highest BCUT2D eigenvalue weighted by atomic mass is 16.2. The molecule has 1 heterocycles. The van der Waals surface area contributed by atoms with E-state index in [1.54, 1.807) is 24.3 Å². The third-order valence-electron chi connectivity index (χ3n) is 4.75. The molecule has 6 nitrogen and oxygen atoms in total. The van der Waals surface area contributed by atoms with Crippen molar-refractivity contribution in [2.75, 3.05) is 0 Å². The molecule has 28 heavy (non-hydrogen) atoms. The zero-order valence-electron chi connectivity index (χ0n) is 16.8. The summed E-state index contributed by atoms with van der Waals surface area (Å²) in [5.74, 6) is -0.444. The summed E-state index contributed by atoms with van der Waals surface area (Å²) in [4.78, 5) is 25.2. The van der Waals surface area contributed by atoms with Gasteiger partial charge in [0.15, 0.2) is 5.69 Å². The van der Waals surface area contributed by atoms with Crippen LogP contribution in [-0.4, -0.2) is 21.4 Å². The lowest BCUT2D eigenvalue weighted by Crippen LogP contribution is -2.29. The Labute approximate surface area is 163 Å². The normalized spacial score (nSPS) is 11.7. The molecule has 0 saturated carbocycles. The Morgan fingerprint density at radius 3 is 2.32 bits per heavy atom. The Morgan fingerprint density at radius 1 is 1.11 bits per heavy atom. The average molecular weight is 376 g/mol. The molecular weight excluding hydrogens is 352 g/mol. The SMILES string of the molecule is CCn1nc(C(=O)N/N=C(/C)c2c(C)cc(C)cc2C)c2ccccc2c1=O. The summed E-state index contributed by atoms with van der Waals surface area (Å²) in [5.41, 5.74) is 7.72. The van der Waals surface area contributed by atoms with Gasteiger partial charge in [-0.05, 0) is 51.8 Å². The van der Waals surface area contributed by atoms with Crippen molar-refractivity contribution >= 4 is 22.4 Å². The minimum atomic E-state index is -0.444. The van der Waals surface area contributed by atoms with Gasteiger partial charge in [0.2, 0.25) is 0 Å². The summed E-state index contributed by atoms with van der Waals surface area (Å²) in [6.07, 6.45) is 0. The molecule has 6 heteroatoms. The first kappa shape index (κ1) is 19.5. The van der Waals surface area contributed by atoms with Gasteiger partial charge in [-0.15, -0.1) is 0 Å². The molecule has 0 radical (unpaired) electrons. The molecule has 0 saturated heterocycles. The van der Waals surface area contributed by atoms with Gasteiger partial charge in [0.1, 0.15) is 0 Å². The molecule has 1 aromatic heterocycles. The van der Waals surface area contributed by atoms with Crippen LogP contribution in [0.25, 0.3) is 10.8 Å². The summed E-state index contributed by atoms with van der Waals surface area (Å²) in [6.45, 7) is 10.2. The number of hydrogen-bond acceptors (Lipinski definition) is 4. The van der Waals surface area contributed by atoms with E-state index in [9.17, 15) is 9.59 Å². The number of amides is 1. The largest absolute Gasteiger partial charge is 0.292 e. The molecule has 0 fully saturated rings. The molecule has 3 rings (SSSR count). The van der Waals surface area contributed by atoms with Crippen LogP contribution in [0.15, 0.2) is 46.3 Å². The third kappa shape index (κ3) is 3.58. The molecule has 3 aromatic rings. The lowest BCUT2D eigenvalue weighted by molar-refractivity contribution is 0.0949. The van der Waals surface area contributed by atoms with Gasteiger partial charge in [0.05, 0.1) is 11.1 Å². The van der Waals surface area contributed by atoms with Gasteiger partial charge >= 0.3 is 0 Å². The number of hydrazone groups is 1. The van der Waals surface area contributed by atoms with Gasteiger partial charge < -0.3 is 0 Å². The van der Waals surface area contributed by atoms with Crippen LogP contribution in [0.1, 0.15) is 46.6 Å². The van der Waals surface area contributed by atoms with Crippen LogP contribution >= 0.6 is 0 Å². The van der Waals surface area contributed by atoms with E-state index in [0.29, 0.717) is 17.3 Å². The molecule has 0 spiro atoms. The Balaban J connectivity index is 1.99. The number of benzene rings is 2. The molecule has 144 valence electrons. The molecule has 0 aliphatic carbocycles. The molecule has 1 N–H and O–H groups in total. The van der Waals surface area contributed by atoms with Crippen molar-refractivity contribution < 1.29 is 4.79 Å². The van der Waals surface area contributed by atoms with Crippen LogP contribution in [0.4, 0.5) is 0 Å².